The number of tetrazole rings is 1. The van der Waals surface area contributed by atoms with Gasteiger partial charge in [-0.15, -0.1) is 5.10 Å². The molecule has 8 nitrogen and oxygen atoms in total. The summed E-state index contributed by atoms with van der Waals surface area (Å²) in [5.41, 5.74) is 2.07. The molecule has 1 saturated heterocycles. The van der Waals surface area contributed by atoms with E-state index in [-0.39, 0.29) is 6.10 Å². The van der Waals surface area contributed by atoms with Crippen LogP contribution in [0.2, 0.25) is 0 Å². The van der Waals surface area contributed by atoms with E-state index in [1.165, 1.54) is 15.6 Å². The largest absolute Gasteiger partial charge is 0.444 e. The van der Waals surface area contributed by atoms with Crippen LogP contribution in [0.5, 0.6) is 0 Å². The Kier molecular flexibility index (Phi) is 3.83. The van der Waals surface area contributed by atoms with Crippen molar-refractivity contribution in [2.45, 2.75) is 13.0 Å². The molecular formula is C17H15FN6O2. The first-order chi connectivity index (χ1) is 12.5. The van der Waals surface area contributed by atoms with Gasteiger partial charge in [0.05, 0.1) is 12.2 Å². The number of carbonyl (C=O) groups is 1. The smallest absolute Gasteiger partial charge is 0.414 e. The number of benzene rings is 1. The van der Waals surface area contributed by atoms with Gasteiger partial charge in [-0.25, -0.2) is 13.9 Å². The Bertz CT molecular complexity index is 972. The van der Waals surface area contributed by atoms with Gasteiger partial charge >= 0.3 is 6.09 Å². The third-order valence-electron chi connectivity index (χ3n) is 4.15. The summed E-state index contributed by atoms with van der Waals surface area (Å²) in [6, 6.07) is 8.13. The summed E-state index contributed by atoms with van der Waals surface area (Å²) in [6.45, 7) is 2.20. The van der Waals surface area contributed by atoms with E-state index in [0.29, 0.717) is 34.9 Å². The Hall–Kier alpha value is -3.36. The van der Waals surface area contributed by atoms with E-state index in [9.17, 15) is 9.18 Å². The molecule has 0 N–H and O–H groups in total. The summed E-state index contributed by atoms with van der Waals surface area (Å²) >= 11 is 0. The molecule has 1 aromatic carbocycles. The summed E-state index contributed by atoms with van der Waals surface area (Å²) < 4.78 is 21.2. The molecule has 1 unspecified atom stereocenters. The van der Waals surface area contributed by atoms with Crippen molar-refractivity contribution >= 4 is 11.8 Å². The number of hydrogen-bond acceptors (Lipinski definition) is 6. The van der Waals surface area contributed by atoms with Crippen LogP contribution in [-0.2, 0) is 11.8 Å². The molecule has 26 heavy (non-hydrogen) atoms. The number of pyridine rings is 1. The van der Waals surface area contributed by atoms with Crippen molar-refractivity contribution in [2.75, 3.05) is 11.4 Å². The number of aryl methyl sites for hydroxylation is 1. The molecule has 1 aliphatic rings. The van der Waals surface area contributed by atoms with Crippen LogP contribution in [0.3, 0.4) is 0 Å². The van der Waals surface area contributed by atoms with Crippen LogP contribution in [0.4, 0.5) is 14.9 Å². The number of carbonyl (C=O) groups excluding carboxylic acids is 1. The average molecular weight is 354 g/mol. The molecule has 1 aliphatic heterocycles. The molecule has 0 spiro atoms. The fraction of sp³-hybridized carbons (Fsp3) is 0.235. The zero-order chi connectivity index (χ0) is 18.3. The molecule has 1 amide bonds. The third-order valence-corrected chi connectivity index (χ3v) is 4.15. The third kappa shape index (κ3) is 2.77. The van der Waals surface area contributed by atoms with Gasteiger partial charge in [0.15, 0.2) is 5.82 Å². The van der Waals surface area contributed by atoms with Crippen molar-refractivity contribution in [2.24, 2.45) is 7.05 Å². The van der Waals surface area contributed by atoms with Gasteiger partial charge in [0, 0.05) is 24.4 Å². The average Bonchev–Trinajstić information content (AvgIpc) is 3.20. The highest BCUT2D eigenvalue weighted by molar-refractivity contribution is 5.90. The topological polar surface area (TPSA) is 86.0 Å². The Morgan fingerprint density at radius 2 is 2.12 bits per heavy atom. The van der Waals surface area contributed by atoms with Gasteiger partial charge in [0.2, 0.25) is 0 Å². The maximum absolute atomic E-state index is 14.6. The van der Waals surface area contributed by atoms with E-state index in [4.69, 9.17) is 4.74 Å². The number of ether oxygens (including phenoxy) is 1. The number of nitrogens with zero attached hydrogens (tertiary/aromatic N) is 6. The van der Waals surface area contributed by atoms with Gasteiger partial charge in [-0.1, -0.05) is 6.07 Å². The van der Waals surface area contributed by atoms with Crippen LogP contribution < -0.4 is 4.90 Å². The number of cyclic esters (lactones) is 1. The molecule has 3 aromatic rings. The van der Waals surface area contributed by atoms with Crippen molar-refractivity contribution in [3.63, 3.8) is 0 Å². The molecule has 1 fully saturated rings. The van der Waals surface area contributed by atoms with Gasteiger partial charge in [-0.3, -0.25) is 9.88 Å². The molecular weight excluding hydrogens is 339 g/mol. The molecule has 4 rings (SSSR count). The van der Waals surface area contributed by atoms with E-state index < -0.39 is 11.9 Å². The first kappa shape index (κ1) is 16.1. The lowest BCUT2D eigenvalue weighted by molar-refractivity contribution is 0.150. The number of rotatable bonds is 3. The Balaban J connectivity index is 1.62. The minimum absolute atomic E-state index is 0.211. The summed E-state index contributed by atoms with van der Waals surface area (Å²) in [5, 5.41) is 11.2. The van der Waals surface area contributed by atoms with E-state index >= 15 is 0 Å². The summed E-state index contributed by atoms with van der Waals surface area (Å²) in [7, 11) is 1.72. The van der Waals surface area contributed by atoms with E-state index in [1.807, 2.05) is 0 Å². The Morgan fingerprint density at radius 1 is 1.27 bits per heavy atom. The van der Waals surface area contributed by atoms with E-state index in [0.717, 1.165) is 0 Å². The molecule has 1 atom stereocenters. The lowest BCUT2D eigenvalue weighted by Gasteiger charge is -2.14. The molecule has 0 saturated carbocycles. The van der Waals surface area contributed by atoms with Crippen molar-refractivity contribution in [1.82, 2.24) is 25.2 Å². The molecule has 132 valence electrons. The Labute approximate surface area is 148 Å². The minimum Gasteiger partial charge on any atom is -0.444 e. The fourth-order valence-electron chi connectivity index (χ4n) is 2.85. The zero-order valence-electron chi connectivity index (χ0n) is 14.1. The predicted molar refractivity (Wildman–Crippen MR) is 90.7 cm³/mol. The first-order valence-electron chi connectivity index (χ1n) is 8.00. The van der Waals surface area contributed by atoms with Gasteiger partial charge in [0.25, 0.3) is 0 Å². The van der Waals surface area contributed by atoms with Crippen LogP contribution in [0, 0.1) is 5.82 Å². The second-order valence-electron chi connectivity index (χ2n) is 6.03. The van der Waals surface area contributed by atoms with Crippen molar-refractivity contribution in [1.29, 1.82) is 0 Å². The second-order valence-corrected chi connectivity index (χ2v) is 6.03. The van der Waals surface area contributed by atoms with E-state index in [1.54, 1.807) is 44.4 Å². The number of anilines is 1. The minimum atomic E-state index is -0.465. The standard InChI is InChI=1S/C17H15FN6O2/c1-10-9-24(17(25)26-10)12-4-5-13(14(18)7-12)11-3-6-15(19-8-11)16-20-21-22-23(16)2/h3-8,10H,9H2,1-2H3. The van der Waals surface area contributed by atoms with Crippen LogP contribution in [0.15, 0.2) is 36.5 Å². The number of aromatic nitrogens is 5. The normalized spacial score (nSPS) is 16.8. The van der Waals surface area contributed by atoms with Gasteiger partial charge in [-0.2, -0.15) is 0 Å². The molecule has 9 heteroatoms. The highest BCUT2D eigenvalue weighted by Crippen LogP contribution is 2.29. The van der Waals surface area contributed by atoms with Crippen LogP contribution in [0.25, 0.3) is 22.6 Å². The molecule has 0 bridgehead atoms. The number of amides is 1. The fourth-order valence-corrected chi connectivity index (χ4v) is 2.85. The van der Waals surface area contributed by atoms with Crippen molar-refractivity contribution < 1.29 is 13.9 Å². The highest BCUT2D eigenvalue weighted by Gasteiger charge is 2.29. The van der Waals surface area contributed by atoms with Crippen LogP contribution in [0.1, 0.15) is 6.92 Å². The van der Waals surface area contributed by atoms with E-state index in [2.05, 4.69) is 20.5 Å². The Morgan fingerprint density at radius 3 is 2.69 bits per heavy atom. The van der Waals surface area contributed by atoms with Crippen molar-refractivity contribution in [3.8, 4) is 22.6 Å². The monoisotopic (exact) mass is 354 g/mol. The molecule has 3 heterocycles. The highest BCUT2D eigenvalue weighted by atomic mass is 19.1. The van der Waals surface area contributed by atoms with Crippen molar-refractivity contribution in [3.05, 3.63) is 42.3 Å². The second kappa shape index (κ2) is 6.17. The predicted octanol–water partition coefficient (Wildman–Crippen LogP) is 2.42. The molecule has 2 aromatic heterocycles. The van der Waals surface area contributed by atoms with Gasteiger partial charge < -0.3 is 4.74 Å². The SMILES string of the molecule is CC1CN(c2ccc(-c3ccc(-c4nnnn4C)nc3)c(F)c2)C(=O)O1. The summed E-state index contributed by atoms with van der Waals surface area (Å²) in [6.07, 6.45) is 0.888. The quantitative estimate of drug-likeness (QED) is 0.718. The number of halogens is 1. The maximum atomic E-state index is 14.6. The van der Waals surface area contributed by atoms with Crippen LogP contribution in [-0.4, -0.2) is 43.9 Å². The zero-order valence-corrected chi connectivity index (χ0v) is 14.1. The first-order valence-corrected chi connectivity index (χ1v) is 8.00. The lowest BCUT2D eigenvalue weighted by atomic mass is 10.1. The molecule has 0 aliphatic carbocycles. The summed E-state index contributed by atoms with van der Waals surface area (Å²) in [4.78, 5) is 17.5. The maximum Gasteiger partial charge on any atom is 0.414 e. The lowest BCUT2D eigenvalue weighted by Crippen LogP contribution is -2.24. The van der Waals surface area contributed by atoms with Gasteiger partial charge in [0.1, 0.15) is 17.6 Å². The van der Waals surface area contributed by atoms with Gasteiger partial charge in [-0.05, 0) is 41.6 Å². The molecule has 0 radical (unpaired) electrons. The number of hydrogen-bond donors (Lipinski definition) is 0. The summed E-state index contributed by atoms with van der Waals surface area (Å²) in [5.74, 6) is 0.0822. The van der Waals surface area contributed by atoms with Crippen LogP contribution >= 0.6 is 0 Å².